The van der Waals surface area contributed by atoms with Crippen LogP contribution in [-0.4, -0.2) is 26.2 Å². The van der Waals surface area contributed by atoms with Gasteiger partial charge in [0.25, 0.3) is 10.1 Å². The SMILES string of the molecule is Cc1ccc(O)c([Si](C)(C)C)c1S(=O)(=O)O. The largest absolute Gasteiger partial charge is 0.508 e. The van der Waals surface area contributed by atoms with E-state index in [1.54, 1.807) is 6.92 Å². The smallest absolute Gasteiger partial charge is 0.294 e. The number of aromatic hydroxyl groups is 1. The van der Waals surface area contributed by atoms with Gasteiger partial charge in [-0.15, -0.1) is 0 Å². The van der Waals surface area contributed by atoms with Gasteiger partial charge in [0, 0.05) is 5.19 Å². The van der Waals surface area contributed by atoms with Crippen molar-refractivity contribution in [1.82, 2.24) is 0 Å². The van der Waals surface area contributed by atoms with Crippen molar-refractivity contribution in [2.24, 2.45) is 0 Å². The van der Waals surface area contributed by atoms with Gasteiger partial charge in [-0.2, -0.15) is 8.42 Å². The first-order valence-electron chi connectivity index (χ1n) is 4.85. The van der Waals surface area contributed by atoms with E-state index in [0.29, 0.717) is 10.8 Å². The van der Waals surface area contributed by atoms with Crippen LogP contribution in [0.4, 0.5) is 0 Å². The van der Waals surface area contributed by atoms with Crippen molar-refractivity contribution in [3.63, 3.8) is 0 Å². The van der Waals surface area contributed by atoms with E-state index in [4.69, 9.17) is 0 Å². The minimum Gasteiger partial charge on any atom is -0.508 e. The van der Waals surface area contributed by atoms with Gasteiger partial charge >= 0.3 is 0 Å². The van der Waals surface area contributed by atoms with E-state index in [0.717, 1.165) is 0 Å². The quantitative estimate of drug-likeness (QED) is 0.624. The molecular weight excluding hydrogens is 244 g/mol. The Morgan fingerprint density at radius 1 is 1.19 bits per heavy atom. The van der Waals surface area contributed by atoms with Gasteiger partial charge < -0.3 is 5.11 Å². The maximum atomic E-state index is 11.3. The van der Waals surface area contributed by atoms with E-state index < -0.39 is 18.2 Å². The first-order chi connectivity index (χ1) is 7.05. The molecule has 0 bridgehead atoms. The lowest BCUT2D eigenvalue weighted by Crippen LogP contribution is -2.41. The number of phenolic OH excluding ortho intramolecular Hbond substituents is 1. The molecule has 0 fully saturated rings. The Balaban J connectivity index is 3.78. The van der Waals surface area contributed by atoms with Crippen molar-refractivity contribution in [3.05, 3.63) is 17.7 Å². The summed E-state index contributed by atoms with van der Waals surface area (Å²) >= 11 is 0. The Morgan fingerprint density at radius 2 is 1.69 bits per heavy atom. The van der Waals surface area contributed by atoms with Gasteiger partial charge in [-0.25, -0.2) is 0 Å². The summed E-state index contributed by atoms with van der Waals surface area (Å²) in [7, 11) is -6.35. The molecule has 0 spiro atoms. The molecule has 1 aromatic carbocycles. The van der Waals surface area contributed by atoms with Crippen molar-refractivity contribution >= 4 is 23.4 Å². The van der Waals surface area contributed by atoms with Crippen molar-refractivity contribution in [2.75, 3.05) is 0 Å². The molecule has 0 aliphatic rings. The fraction of sp³-hybridized carbons (Fsp3) is 0.400. The summed E-state index contributed by atoms with van der Waals surface area (Å²) in [5.41, 5.74) is 0.456. The molecule has 6 heteroatoms. The van der Waals surface area contributed by atoms with Crippen LogP contribution in [0.1, 0.15) is 5.56 Å². The summed E-state index contributed by atoms with van der Waals surface area (Å²) in [4.78, 5) is -0.133. The van der Waals surface area contributed by atoms with Crippen LogP contribution >= 0.6 is 0 Å². The molecule has 0 unspecified atom stereocenters. The lowest BCUT2D eigenvalue weighted by molar-refractivity contribution is 0.470. The number of hydrogen-bond acceptors (Lipinski definition) is 3. The maximum Gasteiger partial charge on any atom is 0.294 e. The van der Waals surface area contributed by atoms with Crippen LogP contribution in [0.3, 0.4) is 0 Å². The summed E-state index contributed by atoms with van der Waals surface area (Å²) in [5.74, 6) is -0.0580. The fourth-order valence-corrected chi connectivity index (χ4v) is 5.61. The normalized spacial score (nSPS) is 12.8. The second-order valence-corrected chi connectivity index (χ2v) is 11.2. The highest BCUT2D eigenvalue weighted by molar-refractivity contribution is 7.86. The van der Waals surface area contributed by atoms with Crippen molar-refractivity contribution in [1.29, 1.82) is 0 Å². The summed E-state index contributed by atoms with van der Waals surface area (Å²) in [5, 5.41) is 10.2. The molecule has 0 saturated heterocycles. The molecular formula is C10H16O4SSi. The molecule has 2 N–H and O–H groups in total. The van der Waals surface area contributed by atoms with E-state index in [2.05, 4.69) is 0 Å². The molecule has 1 aromatic rings. The van der Waals surface area contributed by atoms with Gasteiger partial charge in [0.1, 0.15) is 5.75 Å². The van der Waals surface area contributed by atoms with Crippen LogP contribution in [0.15, 0.2) is 17.0 Å². The summed E-state index contributed by atoms with van der Waals surface area (Å²) < 4.78 is 31.9. The molecule has 0 heterocycles. The third kappa shape index (κ3) is 2.45. The van der Waals surface area contributed by atoms with E-state index in [-0.39, 0.29) is 10.6 Å². The molecule has 0 saturated carbocycles. The molecule has 0 atom stereocenters. The van der Waals surface area contributed by atoms with Crippen LogP contribution in [-0.2, 0) is 10.1 Å². The highest BCUT2D eigenvalue weighted by Gasteiger charge is 2.30. The van der Waals surface area contributed by atoms with Crippen LogP contribution < -0.4 is 5.19 Å². The van der Waals surface area contributed by atoms with Gasteiger partial charge in [-0.05, 0) is 18.6 Å². The minimum atomic E-state index is -4.30. The van der Waals surface area contributed by atoms with E-state index in [1.807, 2.05) is 19.6 Å². The van der Waals surface area contributed by atoms with Crippen molar-refractivity contribution in [3.8, 4) is 5.75 Å². The molecule has 0 aliphatic heterocycles. The van der Waals surface area contributed by atoms with Gasteiger partial charge in [0.05, 0.1) is 13.0 Å². The average molecular weight is 260 g/mol. The minimum absolute atomic E-state index is 0.0580. The first-order valence-corrected chi connectivity index (χ1v) is 9.79. The standard InChI is InChI=1S/C10H16O4SSi/c1-7-5-6-8(11)10(16(2,3)4)9(7)15(12,13)14/h5-6,11H,1-4H3,(H,12,13,14). The molecule has 0 aliphatic carbocycles. The molecule has 1 rings (SSSR count). The van der Waals surface area contributed by atoms with Crippen LogP contribution in [0, 0.1) is 6.92 Å². The number of phenols is 1. The zero-order chi connectivity index (χ0) is 12.7. The van der Waals surface area contributed by atoms with E-state index in [9.17, 15) is 18.1 Å². The molecule has 0 aromatic heterocycles. The number of benzene rings is 1. The first kappa shape index (κ1) is 13.2. The highest BCUT2D eigenvalue weighted by atomic mass is 32.2. The average Bonchev–Trinajstić information content (AvgIpc) is 2.04. The molecule has 16 heavy (non-hydrogen) atoms. The third-order valence-corrected chi connectivity index (χ3v) is 5.57. The molecule has 90 valence electrons. The van der Waals surface area contributed by atoms with Gasteiger partial charge in [0.15, 0.2) is 0 Å². The highest BCUT2D eigenvalue weighted by Crippen LogP contribution is 2.23. The van der Waals surface area contributed by atoms with Crippen LogP contribution in [0.2, 0.25) is 19.6 Å². The zero-order valence-electron chi connectivity index (χ0n) is 9.77. The lowest BCUT2D eigenvalue weighted by atomic mass is 10.2. The van der Waals surface area contributed by atoms with Gasteiger partial charge in [-0.3, -0.25) is 4.55 Å². The van der Waals surface area contributed by atoms with Crippen LogP contribution in [0.5, 0.6) is 5.75 Å². The predicted molar refractivity (Wildman–Crippen MR) is 65.6 cm³/mol. The Morgan fingerprint density at radius 3 is 2.00 bits per heavy atom. The summed E-state index contributed by atoms with van der Waals surface area (Å²) in [6.07, 6.45) is 0. The number of rotatable bonds is 2. The molecule has 0 radical (unpaired) electrons. The Labute approximate surface area is 96.7 Å². The fourth-order valence-electron chi connectivity index (χ4n) is 1.73. The Bertz CT molecular complexity index is 514. The Kier molecular flexibility index (Phi) is 3.19. The summed E-state index contributed by atoms with van der Waals surface area (Å²) in [6.45, 7) is 7.34. The second kappa shape index (κ2) is 3.87. The van der Waals surface area contributed by atoms with Gasteiger partial charge in [0.2, 0.25) is 0 Å². The predicted octanol–water partition coefficient (Wildman–Crippen LogP) is 1.49. The number of aryl methyl sites for hydroxylation is 1. The third-order valence-electron chi connectivity index (χ3n) is 2.34. The maximum absolute atomic E-state index is 11.3. The van der Waals surface area contributed by atoms with Crippen LogP contribution in [0.25, 0.3) is 0 Å². The van der Waals surface area contributed by atoms with E-state index in [1.165, 1.54) is 12.1 Å². The number of hydrogen-bond donors (Lipinski definition) is 2. The zero-order valence-corrected chi connectivity index (χ0v) is 11.6. The second-order valence-electron chi connectivity index (χ2n) is 4.83. The van der Waals surface area contributed by atoms with Gasteiger partial charge in [-0.1, -0.05) is 25.7 Å². The van der Waals surface area contributed by atoms with Crippen molar-refractivity contribution in [2.45, 2.75) is 31.5 Å². The summed E-state index contributed by atoms with van der Waals surface area (Å²) in [6, 6.07) is 2.96. The lowest BCUT2D eigenvalue weighted by Gasteiger charge is -2.22. The van der Waals surface area contributed by atoms with Crippen molar-refractivity contribution < 1.29 is 18.1 Å². The Hall–Kier alpha value is -0.853. The topological polar surface area (TPSA) is 74.6 Å². The van der Waals surface area contributed by atoms with E-state index >= 15 is 0 Å². The molecule has 4 nitrogen and oxygen atoms in total. The monoisotopic (exact) mass is 260 g/mol. The molecule has 0 amide bonds.